The highest BCUT2D eigenvalue weighted by Gasteiger charge is 2.42. The number of hydrogen-bond acceptors (Lipinski definition) is 1. The normalized spacial score (nSPS) is 25.5. The molecule has 0 N–H and O–H groups in total. The van der Waals surface area contributed by atoms with Crippen molar-refractivity contribution < 1.29 is 4.74 Å². The lowest BCUT2D eigenvalue weighted by Gasteiger charge is -2.25. The van der Waals surface area contributed by atoms with Gasteiger partial charge in [-0.1, -0.05) is 58.6 Å². The van der Waals surface area contributed by atoms with Crippen LogP contribution in [0.25, 0.3) is 0 Å². The summed E-state index contributed by atoms with van der Waals surface area (Å²) in [5.74, 6) is 0.688. The van der Waals surface area contributed by atoms with E-state index in [0.717, 1.165) is 5.33 Å². The van der Waals surface area contributed by atoms with Crippen LogP contribution < -0.4 is 0 Å². The van der Waals surface area contributed by atoms with E-state index in [0.29, 0.717) is 12.0 Å². The summed E-state index contributed by atoms with van der Waals surface area (Å²) in [5, 5.41) is 1.08. The molecule has 1 saturated carbocycles. The standard InChI is InChI=1S/C19H27BrO/c1-15-5-4-6-16(11-15)12-17(14-20)13-18-7-10-19(21-18)8-2-3-9-19/h4-6,11,17-18H,2-3,7-10,12-14H2,1H3. The fourth-order valence-electron chi connectivity index (χ4n) is 4.19. The van der Waals surface area contributed by atoms with E-state index in [-0.39, 0.29) is 5.60 Å². The predicted molar refractivity (Wildman–Crippen MR) is 92.1 cm³/mol. The van der Waals surface area contributed by atoms with Crippen LogP contribution in [0.5, 0.6) is 0 Å². The molecule has 1 nitrogen and oxygen atoms in total. The molecule has 2 fully saturated rings. The number of benzene rings is 1. The minimum Gasteiger partial charge on any atom is -0.372 e. The molecule has 0 radical (unpaired) electrons. The SMILES string of the molecule is Cc1cccc(CC(CBr)CC2CCC3(CCCC3)O2)c1. The Kier molecular flexibility index (Phi) is 5.06. The molecule has 1 aromatic carbocycles. The van der Waals surface area contributed by atoms with Gasteiger partial charge in [0.1, 0.15) is 0 Å². The Morgan fingerprint density at radius 3 is 2.81 bits per heavy atom. The molecular weight excluding hydrogens is 324 g/mol. The van der Waals surface area contributed by atoms with Crippen molar-refractivity contribution in [3.8, 4) is 0 Å². The minimum absolute atomic E-state index is 0.283. The lowest BCUT2D eigenvalue weighted by Crippen LogP contribution is -2.26. The maximum absolute atomic E-state index is 6.48. The van der Waals surface area contributed by atoms with Crippen LogP contribution in [0.4, 0.5) is 0 Å². The van der Waals surface area contributed by atoms with Crippen molar-refractivity contribution in [2.45, 2.75) is 70.0 Å². The number of alkyl halides is 1. The van der Waals surface area contributed by atoms with Gasteiger partial charge in [0.2, 0.25) is 0 Å². The zero-order valence-corrected chi connectivity index (χ0v) is 14.7. The molecule has 2 atom stereocenters. The summed E-state index contributed by atoms with van der Waals surface area (Å²) in [6, 6.07) is 8.94. The molecule has 1 saturated heterocycles. The molecular formula is C19H27BrO. The first-order chi connectivity index (χ1) is 10.2. The summed E-state index contributed by atoms with van der Waals surface area (Å²) in [4.78, 5) is 0. The van der Waals surface area contributed by atoms with Crippen LogP contribution in [-0.4, -0.2) is 17.0 Å². The van der Waals surface area contributed by atoms with Crippen molar-refractivity contribution >= 4 is 15.9 Å². The Balaban J connectivity index is 1.55. The van der Waals surface area contributed by atoms with Crippen LogP contribution in [0.2, 0.25) is 0 Å². The largest absolute Gasteiger partial charge is 0.372 e. The zero-order chi connectivity index (χ0) is 14.7. The van der Waals surface area contributed by atoms with Gasteiger partial charge in [-0.15, -0.1) is 0 Å². The summed E-state index contributed by atoms with van der Waals surface area (Å²) in [7, 11) is 0. The molecule has 1 aliphatic carbocycles. The maximum atomic E-state index is 6.48. The molecule has 0 amide bonds. The van der Waals surface area contributed by atoms with Crippen molar-refractivity contribution in [3.05, 3.63) is 35.4 Å². The first kappa shape index (κ1) is 15.6. The molecule has 116 valence electrons. The molecule has 1 aliphatic heterocycles. The molecule has 0 aromatic heterocycles. The smallest absolute Gasteiger partial charge is 0.0687 e. The highest BCUT2D eigenvalue weighted by molar-refractivity contribution is 9.09. The van der Waals surface area contributed by atoms with Crippen LogP contribution in [-0.2, 0) is 11.2 Å². The second-order valence-corrected chi connectivity index (χ2v) is 7.77. The summed E-state index contributed by atoms with van der Waals surface area (Å²) < 4.78 is 6.48. The molecule has 1 spiro atoms. The minimum atomic E-state index is 0.283. The van der Waals surface area contributed by atoms with E-state index in [1.165, 1.54) is 62.5 Å². The van der Waals surface area contributed by atoms with Crippen LogP contribution in [0, 0.1) is 12.8 Å². The van der Waals surface area contributed by atoms with Crippen LogP contribution >= 0.6 is 15.9 Å². The summed E-state index contributed by atoms with van der Waals surface area (Å²) in [6.45, 7) is 2.18. The third kappa shape index (κ3) is 3.90. The van der Waals surface area contributed by atoms with Gasteiger partial charge in [-0.3, -0.25) is 0 Å². The number of halogens is 1. The van der Waals surface area contributed by atoms with E-state index in [2.05, 4.69) is 47.1 Å². The Labute approximate surface area is 137 Å². The van der Waals surface area contributed by atoms with Crippen molar-refractivity contribution in [1.29, 1.82) is 0 Å². The summed E-state index contributed by atoms with van der Waals surface area (Å²) in [5.41, 5.74) is 3.11. The first-order valence-electron chi connectivity index (χ1n) is 8.48. The highest BCUT2D eigenvalue weighted by atomic mass is 79.9. The monoisotopic (exact) mass is 350 g/mol. The van der Waals surface area contributed by atoms with E-state index in [9.17, 15) is 0 Å². The molecule has 1 heterocycles. The van der Waals surface area contributed by atoms with Gasteiger partial charge in [0.05, 0.1) is 11.7 Å². The van der Waals surface area contributed by atoms with Crippen LogP contribution in [0.15, 0.2) is 24.3 Å². The Morgan fingerprint density at radius 2 is 2.10 bits per heavy atom. The van der Waals surface area contributed by atoms with Gasteiger partial charge in [0.25, 0.3) is 0 Å². The van der Waals surface area contributed by atoms with Gasteiger partial charge in [0, 0.05) is 5.33 Å². The zero-order valence-electron chi connectivity index (χ0n) is 13.1. The number of ether oxygens (including phenoxy) is 1. The van der Waals surface area contributed by atoms with E-state index in [1.54, 1.807) is 0 Å². The number of aryl methyl sites for hydroxylation is 1. The lowest BCUT2D eigenvalue weighted by molar-refractivity contribution is -0.0431. The quantitative estimate of drug-likeness (QED) is 0.643. The van der Waals surface area contributed by atoms with E-state index >= 15 is 0 Å². The highest BCUT2D eigenvalue weighted by Crippen LogP contribution is 2.44. The second-order valence-electron chi connectivity index (χ2n) is 7.12. The molecule has 3 rings (SSSR count). The third-order valence-electron chi connectivity index (χ3n) is 5.27. The molecule has 2 unspecified atom stereocenters. The van der Waals surface area contributed by atoms with Gasteiger partial charge in [-0.25, -0.2) is 0 Å². The Bertz CT molecular complexity index is 464. The lowest BCUT2D eigenvalue weighted by atomic mass is 9.93. The van der Waals surface area contributed by atoms with E-state index in [1.807, 2.05) is 0 Å². The summed E-state index contributed by atoms with van der Waals surface area (Å²) in [6.07, 6.45) is 10.8. The second kappa shape index (κ2) is 6.83. The topological polar surface area (TPSA) is 9.23 Å². The average Bonchev–Trinajstić information content (AvgIpc) is 3.09. The third-order valence-corrected chi connectivity index (χ3v) is 6.19. The van der Waals surface area contributed by atoms with Crippen LogP contribution in [0.3, 0.4) is 0 Å². The van der Waals surface area contributed by atoms with Gasteiger partial charge in [-0.05, 0) is 56.9 Å². The molecule has 2 heteroatoms. The van der Waals surface area contributed by atoms with Crippen LogP contribution in [0.1, 0.15) is 56.1 Å². The van der Waals surface area contributed by atoms with Crippen molar-refractivity contribution in [2.24, 2.45) is 5.92 Å². The fraction of sp³-hybridized carbons (Fsp3) is 0.684. The van der Waals surface area contributed by atoms with Crippen molar-refractivity contribution in [2.75, 3.05) is 5.33 Å². The van der Waals surface area contributed by atoms with E-state index < -0.39 is 0 Å². The number of rotatable bonds is 5. The molecule has 0 bridgehead atoms. The predicted octanol–water partition coefficient (Wildman–Crippen LogP) is 5.43. The molecule has 2 aliphatic rings. The Hall–Kier alpha value is -0.340. The van der Waals surface area contributed by atoms with Gasteiger partial charge >= 0.3 is 0 Å². The van der Waals surface area contributed by atoms with E-state index in [4.69, 9.17) is 4.74 Å². The Morgan fingerprint density at radius 1 is 1.29 bits per heavy atom. The molecule has 1 aromatic rings. The molecule has 21 heavy (non-hydrogen) atoms. The van der Waals surface area contributed by atoms with Crippen molar-refractivity contribution in [3.63, 3.8) is 0 Å². The maximum Gasteiger partial charge on any atom is 0.0687 e. The fourth-order valence-corrected chi connectivity index (χ4v) is 4.69. The average molecular weight is 351 g/mol. The van der Waals surface area contributed by atoms with Crippen molar-refractivity contribution in [1.82, 2.24) is 0 Å². The van der Waals surface area contributed by atoms with Gasteiger partial charge in [0.15, 0.2) is 0 Å². The summed E-state index contributed by atoms with van der Waals surface area (Å²) >= 11 is 3.72. The first-order valence-corrected chi connectivity index (χ1v) is 9.61. The van der Waals surface area contributed by atoms with Gasteiger partial charge < -0.3 is 4.74 Å². The van der Waals surface area contributed by atoms with Gasteiger partial charge in [-0.2, -0.15) is 0 Å². The number of hydrogen-bond donors (Lipinski definition) is 0.